The van der Waals surface area contributed by atoms with Crippen LogP contribution in [0.3, 0.4) is 0 Å². The summed E-state index contributed by atoms with van der Waals surface area (Å²) in [5.41, 5.74) is -1.09. The lowest BCUT2D eigenvalue weighted by Crippen LogP contribution is -2.20. The van der Waals surface area contributed by atoms with Crippen molar-refractivity contribution in [2.45, 2.75) is 23.4 Å². The van der Waals surface area contributed by atoms with Crippen LogP contribution in [0.1, 0.15) is 5.69 Å². The SMILES string of the molecule is O=C(Cn1ccc(C(F)(F)F)n1)Nc1cccc(Cl)c1SC(F)F. The minimum absolute atomic E-state index is 0.0246. The number of carbonyl (C=O) groups is 1. The third-order valence-electron chi connectivity index (χ3n) is 2.68. The first-order valence-corrected chi connectivity index (χ1v) is 7.56. The summed E-state index contributed by atoms with van der Waals surface area (Å²) in [5.74, 6) is -3.48. The van der Waals surface area contributed by atoms with Crippen LogP contribution >= 0.6 is 23.4 Å². The maximum absolute atomic E-state index is 12.6. The highest BCUT2D eigenvalue weighted by Gasteiger charge is 2.33. The number of hydrogen-bond donors (Lipinski definition) is 1. The molecule has 24 heavy (non-hydrogen) atoms. The summed E-state index contributed by atoms with van der Waals surface area (Å²) in [7, 11) is 0. The largest absolute Gasteiger partial charge is 0.435 e. The topological polar surface area (TPSA) is 46.9 Å². The van der Waals surface area contributed by atoms with E-state index in [1.165, 1.54) is 18.2 Å². The van der Waals surface area contributed by atoms with Gasteiger partial charge in [0.05, 0.1) is 15.6 Å². The molecule has 130 valence electrons. The number of rotatable bonds is 5. The van der Waals surface area contributed by atoms with Gasteiger partial charge in [-0.2, -0.15) is 27.1 Å². The second-order valence-electron chi connectivity index (χ2n) is 4.44. The molecule has 0 unspecified atom stereocenters. The minimum atomic E-state index is -4.62. The molecule has 1 aromatic carbocycles. The number of aromatic nitrogens is 2. The van der Waals surface area contributed by atoms with Crippen molar-refractivity contribution in [2.24, 2.45) is 0 Å². The Morgan fingerprint density at radius 3 is 2.62 bits per heavy atom. The molecule has 1 aromatic heterocycles. The van der Waals surface area contributed by atoms with Gasteiger partial charge in [-0.05, 0) is 18.2 Å². The van der Waals surface area contributed by atoms with Crippen LogP contribution < -0.4 is 5.32 Å². The summed E-state index contributed by atoms with van der Waals surface area (Å²) in [6.45, 7) is -0.513. The first-order valence-electron chi connectivity index (χ1n) is 6.30. The summed E-state index contributed by atoms with van der Waals surface area (Å²) < 4.78 is 63.2. The molecule has 2 rings (SSSR count). The standard InChI is InChI=1S/C13H9ClF5N3OS/c14-7-2-1-3-8(11(7)24-12(15)16)20-10(23)6-22-5-4-9(21-22)13(17,18)19/h1-5,12H,6H2,(H,20,23). The van der Waals surface area contributed by atoms with Gasteiger partial charge in [0.2, 0.25) is 5.91 Å². The van der Waals surface area contributed by atoms with Gasteiger partial charge in [0.25, 0.3) is 5.76 Å². The maximum atomic E-state index is 12.6. The lowest BCUT2D eigenvalue weighted by atomic mass is 10.3. The summed E-state index contributed by atoms with van der Waals surface area (Å²) >= 11 is 5.98. The number of hydrogen-bond acceptors (Lipinski definition) is 3. The lowest BCUT2D eigenvalue weighted by Gasteiger charge is -2.12. The Hall–Kier alpha value is -1.81. The quantitative estimate of drug-likeness (QED) is 0.608. The molecular weight excluding hydrogens is 377 g/mol. The number of thioether (sulfide) groups is 1. The van der Waals surface area contributed by atoms with E-state index >= 15 is 0 Å². The Morgan fingerprint density at radius 1 is 1.33 bits per heavy atom. The van der Waals surface area contributed by atoms with Crippen molar-refractivity contribution in [2.75, 3.05) is 5.32 Å². The van der Waals surface area contributed by atoms with Crippen LogP contribution in [0, 0.1) is 0 Å². The van der Waals surface area contributed by atoms with Crippen LogP contribution in [0.15, 0.2) is 35.4 Å². The van der Waals surface area contributed by atoms with Crippen LogP contribution in [0.2, 0.25) is 5.02 Å². The van der Waals surface area contributed by atoms with E-state index in [9.17, 15) is 26.7 Å². The van der Waals surface area contributed by atoms with Crippen molar-refractivity contribution >= 4 is 35.0 Å². The van der Waals surface area contributed by atoms with Crippen molar-refractivity contribution in [3.8, 4) is 0 Å². The van der Waals surface area contributed by atoms with Gasteiger partial charge in [-0.15, -0.1) is 0 Å². The van der Waals surface area contributed by atoms with Gasteiger partial charge in [0, 0.05) is 6.20 Å². The molecule has 0 bridgehead atoms. The second-order valence-corrected chi connectivity index (χ2v) is 5.85. The maximum Gasteiger partial charge on any atom is 0.435 e. The zero-order valence-corrected chi connectivity index (χ0v) is 13.2. The minimum Gasteiger partial charge on any atom is -0.323 e. The zero-order valence-electron chi connectivity index (χ0n) is 11.6. The average Bonchev–Trinajstić information content (AvgIpc) is 2.90. The Kier molecular flexibility index (Phi) is 5.70. The van der Waals surface area contributed by atoms with E-state index in [4.69, 9.17) is 11.6 Å². The number of amides is 1. The van der Waals surface area contributed by atoms with Gasteiger partial charge in [0.15, 0.2) is 5.69 Å². The molecule has 1 heterocycles. The highest BCUT2D eigenvalue weighted by molar-refractivity contribution is 7.99. The molecule has 0 aliphatic carbocycles. The summed E-state index contributed by atoms with van der Waals surface area (Å²) in [5, 5.41) is 5.59. The fourth-order valence-corrected chi connectivity index (χ4v) is 2.67. The van der Waals surface area contributed by atoms with Crippen LogP contribution in [-0.4, -0.2) is 21.4 Å². The first kappa shape index (κ1) is 18.5. The van der Waals surface area contributed by atoms with E-state index in [1.54, 1.807) is 0 Å². The monoisotopic (exact) mass is 385 g/mol. The van der Waals surface area contributed by atoms with Crippen molar-refractivity contribution in [3.05, 3.63) is 41.2 Å². The third-order valence-corrected chi connectivity index (χ3v) is 3.97. The second kappa shape index (κ2) is 7.39. The van der Waals surface area contributed by atoms with Gasteiger partial charge >= 0.3 is 6.18 Å². The molecule has 0 atom stereocenters. The third kappa shape index (κ3) is 4.84. The zero-order chi connectivity index (χ0) is 17.9. The molecule has 0 saturated carbocycles. The molecule has 4 nitrogen and oxygen atoms in total. The number of alkyl halides is 5. The van der Waals surface area contributed by atoms with Gasteiger partial charge in [-0.1, -0.05) is 29.4 Å². The van der Waals surface area contributed by atoms with Crippen LogP contribution in [0.4, 0.5) is 27.6 Å². The summed E-state index contributed by atoms with van der Waals surface area (Å²) in [6.07, 6.45) is -3.62. The van der Waals surface area contributed by atoms with E-state index in [-0.39, 0.29) is 27.4 Å². The smallest absolute Gasteiger partial charge is 0.323 e. The molecule has 2 aromatic rings. The van der Waals surface area contributed by atoms with Crippen molar-refractivity contribution in [1.29, 1.82) is 0 Å². The van der Waals surface area contributed by atoms with E-state index in [1.807, 2.05) is 0 Å². The van der Waals surface area contributed by atoms with Gasteiger partial charge in [-0.25, -0.2) is 0 Å². The molecule has 0 saturated heterocycles. The molecule has 11 heteroatoms. The number of nitrogens with one attached hydrogen (secondary N) is 1. The molecule has 1 amide bonds. The van der Waals surface area contributed by atoms with E-state index in [0.29, 0.717) is 0 Å². The van der Waals surface area contributed by atoms with Gasteiger partial charge < -0.3 is 5.32 Å². The summed E-state index contributed by atoms with van der Waals surface area (Å²) in [4.78, 5) is 11.9. The normalized spacial score (nSPS) is 11.8. The molecule has 0 radical (unpaired) electrons. The van der Waals surface area contributed by atoms with E-state index in [0.717, 1.165) is 16.9 Å². The Balaban J connectivity index is 2.10. The molecular formula is C13H9ClF5N3OS. The van der Waals surface area contributed by atoms with Crippen LogP contribution in [-0.2, 0) is 17.5 Å². The Bertz CT molecular complexity index is 735. The molecule has 0 aliphatic heterocycles. The number of carbonyl (C=O) groups excluding carboxylic acids is 1. The number of anilines is 1. The first-order chi connectivity index (χ1) is 11.2. The Morgan fingerprint density at radius 2 is 2.04 bits per heavy atom. The predicted molar refractivity (Wildman–Crippen MR) is 79.2 cm³/mol. The fourth-order valence-electron chi connectivity index (χ4n) is 1.75. The Labute approximate surface area is 142 Å². The van der Waals surface area contributed by atoms with Crippen molar-refractivity contribution in [3.63, 3.8) is 0 Å². The highest BCUT2D eigenvalue weighted by atomic mass is 35.5. The van der Waals surface area contributed by atoms with Gasteiger partial charge in [-0.3, -0.25) is 9.48 Å². The fraction of sp³-hybridized carbons (Fsp3) is 0.231. The average molecular weight is 386 g/mol. The highest BCUT2D eigenvalue weighted by Crippen LogP contribution is 2.37. The van der Waals surface area contributed by atoms with E-state index < -0.39 is 30.1 Å². The molecule has 1 N–H and O–H groups in total. The summed E-state index contributed by atoms with van der Waals surface area (Å²) in [6, 6.07) is 4.91. The van der Waals surface area contributed by atoms with Crippen LogP contribution in [0.5, 0.6) is 0 Å². The molecule has 0 spiro atoms. The lowest BCUT2D eigenvalue weighted by molar-refractivity contribution is -0.141. The molecule has 0 aliphatic rings. The number of benzene rings is 1. The predicted octanol–water partition coefficient (Wildman–Crippen LogP) is 4.51. The number of nitrogens with zero attached hydrogens (tertiary/aromatic N) is 2. The van der Waals surface area contributed by atoms with Crippen molar-refractivity contribution < 1.29 is 26.7 Å². The van der Waals surface area contributed by atoms with Crippen LogP contribution in [0.25, 0.3) is 0 Å². The number of halogens is 6. The van der Waals surface area contributed by atoms with Crippen molar-refractivity contribution in [1.82, 2.24) is 9.78 Å². The van der Waals surface area contributed by atoms with E-state index in [2.05, 4.69) is 10.4 Å². The van der Waals surface area contributed by atoms with Gasteiger partial charge in [0.1, 0.15) is 6.54 Å². The molecule has 0 fully saturated rings.